The molecular formula is C17H34N2. The van der Waals surface area contributed by atoms with Crippen LogP contribution in [0.4, 0.5) is 0 Å². The van der Waals surface area contributed by atoms with Crippen molar-refractivity contribution >= 4 is 0 Å². The van der Waals surface area contributed by atoms with Crippen LogP contribution in [0.2, 0.25) is 0 Å². The van der Waals surface area contributed by atoms with Gasteiger partial charge in [0.2, 0.25) is 0 Å². The summed E-state index contributed by atoms with van der Waals surface area (Å²) in [5.41, 5.74) is 6.53. The lowest BCUT2D eigenvalue weighted by atomic mass is 9.66. The highest BCUT2D eigenvalue weighted by atomic mass is 15.2. The van der Waals surface area contributed by atoms with Crippen LogP contribution >= 0.6 is 0 Å². The molecule has 0 heterocycles. The predicted molar refractivity (Wildman–Crippen MR) is 83.2 cm³/mol. The summed E-state index contributed by atoms with van der Waals surface area (Å²) in [6.07, 6.45) is 12.6. The Morgan fingerprint density at radius 1 is 1.11 bits per heavy atom. The third-order valence-corrected chi connectivity index (χ3v) is 5.61. The van der Waals surface area contributed by atoms with Crippen LogP contribution in [0.15, 0.2) is 0 Å². The van der Waals surface area contributed by atoms with Gasteiger partial charge in [-0.2, -0.15) is 0 Å². The number of nitrogens with zero attached hydrogens (tertiary/aromatic N) is 1. The Morgan fingerprint density at radius 3 is 2.26 bits per heavy atom. The Kier molecular flexibility index (Phi) is 5.70. The fourth-order valence-electron chi connectivity index (χ4n) is 3.78. The average Bonchev–Trinajstić information content (AvgIpc) is 2.85. The standard InChI is InChI=1S/C17H34N2/c1-15(2)8-12-19(16-6-3-4-7-16)13-11-17(14-18)9-5-10-17/h15-16H,3-14,18H2,1-2H3. The lowest BCUT2D eigenvalue weighted by molar-refractivity contribution is 0.0896. The van der Waals surface area contributed by atoms with Crippen LogP contribution in [-0.4, -0.2) is 30.6 Å². The van der Waals surface area contributed by atoms with Crippen molar-refractivity contribution < 1.29 is 0 Å². The Bertz CT molecular complexity index is 246. The van der Waals surface area contributed by atoms with E-state index in [0.717, 1.165) is 18.5 Å². The maximum atomic E-state index is 6.01. The first-order valence-electron chi connectivity index (χ1n) is 8.59. The van der Waals surface area contributed by atoms with Crippen LogP contribution in [0.25, 0.3) is 0 Å². The summed E-state index contributed by atoms with van der Waals surface area (Å²) >= 11 is 0. The largest absolute Gasteiger partial charge is 0.330 e. The van der Waals surface area contributed by atoms with Gasteiger partial charge < -0.3 is 10.6 Å². The molecule has 0 aromatic heterocycles. The Balaban J connectivity index is 1.81. The van der Waals surface area contributed by atoms with E-state index in [2.05, 4.69) is 18.7 Å². The van der Waals surface area contributed by atoms with Crippen molar-refractivity contribution in [1.82, 2.24) is 4.90 Å². The number of rotatable bonds is 8. The zero-order valence-electron chi connectivity index (χ0n) is 13.2. The monoisotopic (exact) mass is 266 g/mol. The molecular weight excluding hydrogens is 232 g/mol. The van der Waals surface area contributed by atoms with Gasteiger partial charge >= 0.3 is 0 Å². The van der Waals surface area contributed by atoms with Crippen LogP contribution in [0, 0.1) is 11.3 Å². The molecule has 2 aliphatic rings. The van der Waals surface area contributed by atoms with Gasteiger partial charge in [0.05, 0.1) is 0 Å². The lowest BCUT2D eigenvalue weighted by Gasteiger charge is -2.43. The molecule has 0 saturated heterocycles. The third kappa shape index (κ3) is 4.19. The quantitative estimate of drug-likeness (QED) is 0.724. The Hall–Kier alpha value is -0.0800. The first-order chi connectivity index (χ1) is 9.15. The van der Waals surface area contributed by atoms with Crippen molar-refractivity contribution in [2.45, 2.75) is 77.7 Å². The highest BCUT2D eigenvalue weighted by Crippen LogP contribution is 2.43. The molecule has 0 aliphatic heterocycles. The summed E-state index contributed by atoms with van der Waals surface area (Å²) in [7, 11) is 0. The zero-order valence-corrected chi connectivity index (χ0v) is 13.2. The van der Waals surface area contributed by atoms with Crippen molar-refractivity contribution in [3.8, 4) is 0 Å². The smallest absolute Gasteiger partial charge is 0.00952 e. The van der Waals surface area contributed by atoms with E-state index in [1.165, 1.54) is 70.9 Å². The van der Waals surface area contributed by atoms with Crippen molar-refractivity contribution in [1.29, 1.82) is 0 Å². The molecule has 2 aliphatic carbocycles. The Labute approximate surface area is 120 Å². The minimum atomic E-state index is 0.523. The van der Waals surface area contributed by atoms with E-state index >= 15 is 0 Å². The second kappa shape index (κ2) is 7.08. The molecule has 0 spiro atoms. The normalized spacial score (nSPS) is 23.2. The molecule has 2 fully saturated rings. The summed E-state index contributed by atoms with van der Waals surface area (Å²) in [5.74, 6) is 0.830. The van der Waals surface area contributed by atoms with E-state index in [1.807, 2.05) is 0 Å². The topological polar surface area (TPSA) is 29.3 Å². The van der Waals surface area contributed by atoms with Gasteiger partial charge in [-0.05, 0) is 69.5 Å². The fraction of sp³-hybridized carbons (Fsp3) is 1.00. The van der Waals surface area contributed by atoms with Gasteiger partial charge in [-0.3, -0.25) is 0 Å². The number of nitrogens with two attached hydrogens (primary N) is 1. The van der Waals surface area contributed by atoms with E-state index in [0.29, 0.717) is 5.41 Å². The SMILES string of the molecule is CC(C)CCN(CCC1(CN)CCC1)C1CCCC1. The van der Waals surface area contributed by atoms with Crippen LogP contribution in [-0.2, 0) is 0 Å². The summed E-state index contributed by atoms with van der Waals surface area (Å²) in [6, 6.07) is 0.883. The summed E-state index contributed by atoms with van der Waals surface area (Å²) in [6.45, 7) is 8.22. The summed E-state index contributed by atoms with van der Waals surface area (Å²) in [5, 5.41) is 0. The van der Waals surface area contributed by atoms with E-state index in [1.54, 1.807) is 0 Å². The summed E-state index contributed by atoms with van der Waals surface area (Å²) in [4.78, 5) is 2.81. The Morgan fingerprint density at radius 2 is 1.79 bits per heavy atom. The summed E-state index contributed by atoms with van der Waals surface area (Å²) < 4.78 is 0. The van der Waals surface area contributed by atoms with E-state index in [9.17, 15) is 0 Å². The van der Waals surface area contributed by atoms with E-state index in [4.69, 9.17) is 5.73 Å². The number of hydrogen-bond acceptors (Lipinski definition) is 2. The van der Waals surface area contributed by atoms with Crippen molar-refractivity contribution in [3.05, 3.63) is 0 Å². The van der Waals surface area contributed by atoms with Crippen molar-refractivity contribution in [2.75, 3.05) is 19.6 Å². The van der Waals surface area contributed by atoms with Gasteiger partial charge in [-0.25, -0.2) is 0 Å². The van der Waals surface area contributed by atoms with Crippen molar-refractivity contribution in [2.24, 2.45) is 17.1 Å². The van der Waals surface area contributed by atoms with Gasteiger partial charge in [0.25, 0.3) is 0 Å². The van der Waals surface area contributed by atoms with Crippen LogP contribution in [0.5, 0.6) is 0 Å². The van der Waals surface area contributed by atoms with Crippen LogP contribution < -0.4 is 5.73 Å². The van der Waals surface area contributed by atoms with Crippen LogP contribution in [0.1, 0.15) is 71.6 Å². The first kappa shape index (κ1) is 15.3. The molecule has 0 unspecified atom stereocenters. The van der Waals surface area contributed by atoms with Gasteiger partial charge in [0, 0.05) is 6.04 Å². The van der Waals surface area contributed by atoms with Gasteiger partial charge in [-0.1, -0.05) is 33.1 Å². The minimum absolute atomic E-state index is 0.523. The predicted octanol–water partition coefficient (Wildman–Crippen LogP) is 3.80. The second-order valence-corrected chi connectivity index (χ2v) is 7.46. The molecule has 19 heavy (non-hydrogen) atoms. The molecule has 2 rings (SSSR count). The van der Waals surface area contributed by atoms with Gasteiger partial charge in [-0.15, -0.1) is 0 Å². The second-order valence-electron chi connectivity index (χ2n) is 7.46. The molecule has 0 bridgehead atoms. The molecule has 2 saturated carbocycles. The lowest BCUT2D eigenvalue weighted by Crippen LogP contribution is -2.43. The number of hydrogen-bond donors (Lipinski definition) is 1. The van der Waals surface area contributed by atoms with E-state index in [-0.39, 0.29) is 0 Å². The molecule has 0 amide bonds. The molecule has 2 nitrogen and oxygen atoms in total. The van der Waals surface area contributed by atoms with Crippen molar-refractivity contribution in [3.63, 3.8) is 0 Å². The average molecular weight is 266 g/mol. The first-order valence-corrected chi connectivity index (χ1v) is 8.59. The molecule has 0 aromatic rings. The highest BCUT2D eigenvalue weighted by molar-refractivity contribution is 4.90. The highest BCUT2D eigenvalue weighted by Gasteiger charge is 2.36. The zero-order chi connectivity index (χ0) is 13.7. The van der Waals surface area contributed by atoms with Gasteiger partial charge in [0.1, 0.15) is 0 Å². The maximum Gasteiger partial charge on any atom is 0.00952 e. The third-order valence-electron chi connectivity index (χ3n) is 5.61. The van der Waals surface area contributed by atoms with Crippen LogP contribution in [0.3, 0.4) is 0 Å². The molecule has 2 heteroatoms. The molecule has 0 atom stereocenters. The maximum absolute atomic E-state index is 6.01. The van der Waals surface area contributed by atoms with Gasteiger partial charge in [0.15, 0.2) is 0 Å². The van der Waals surface area contributed by atoms with E-state index < -0.39 is 0 Å². The molecule has 0 radical (unpaired) electrons. The molecule has 0 aromatic carbocycles. The molecule has 112 valence electrons. The molecule has 2 N–H and O–H groups in total. The fourth-order valence-corrected chi connectivity index (χ4v) is 3.78. The minimum Gasteiger partial charge on any atom is -0.330 e.